The van der Waals surface area contributed by atoms with Crippen LogP contribution in [0.4, 0.5) is 4.39 Å². The molecule has 114 valence electrons. The molecule has 0 bridgehead atoms. The number of hydrogen-bond acceptors (Lipinski definition) is 2. The summed E-state index contributed by atoms with van der Waals surface area (Å²) in [6, 6.07) is 5.83. The van der Waals surface area contributed by atoms with Crippen molar-refractivity contribution in [3.63, 3.8) is 0 Å². The van der Waals surface area contributed by atoms with Crippen LogP contribution in [0.3, 0.4) is 0 Å². The van der Waals surface area contributed by atoms with Gasteiger partial charge in [-0.15, -0.1) is 24.8 Å². The van der Waals surface area contributed by atoms with Gasteiger partial charge in [0.05, 0.1) is 0 Å². The highest BCUT2D eigenvalue weighted by Gasteiger charge is 2.37. The third kappa shape index (κ3) is 3.85. The van der Waals surface area contributed by atoms with Crippen LogP contribution < -0.4 is 5.32 Å². The van der Waals surface area contributed by atoms with Gasteiger partial charge in [0, 0.05) is 37.8 Å². The summed E-state index contributed by atoms with van der Waals surface area (Å²) >= 11 is 0. The molecule has 0 aromatic heterocycles. The Morgan fingerprint density at radius 3 is 2.45 bits per heavy atom. The number of rotatable bonds is 3. The maximum absolute atomic E-state index is 14.1. The summed E-state index contributed by atoms with van der Waals surface area (Å²) in [6.45, 7) is 6.17. The molecule has 1 aromatic carbocycles. The van der Waals surface area contributed by atoms with E-state index in [1.54, 1.807) is 6.07 Å². The van der Waals surface area contributed by atoms with Gasteiger partial charge in [-0.25, -0.2) is 4.39 Å². The van der Waals surface area contributed by atoms with Crippen molar-refractivity contribution in [3.8, 4) is 0 Å². The van der Waals surface area contributed by atoms with Crippen molar-refractivity contribution >= 4 is 24.8 Å². The highest BCUT2D eigenvalue weighted by atomic mass is 35.5. The smallest absolute Gasteiger partial charge is 0.128 e. The Morgan fingerprint density at radius 2 is 1.85 bits per heavy atom. The molecule has 0 radical (unpaired) electrons. The quantitative estimate of drug-likeness (QED) is 0.919. The first-order valence-corrected chi connectivity index (χ1v) is 6.96. The number of aryl methyl sites for hydroxylation is 1. The van der Waals surface area contributed by atoms with E-state index < -0.39 is 0 Å². The Bertz CT molecular complexity index is 432. The molecule has 0 amide bonds. The second kappa shape index (κ2) is 7.60. The zero-order valence-corrected chi connectivity index (χ0v) is 13.4. The van der Waals surface area contributed by atoms with E-state index >= 15 is 0 Å². The predicted octanol–water partition coefficient (Wildman–Crippen LogP) is 3.33. The van der Waals surface area contributed by atoms with E-state index in [9.17, 15) is 4.39 Å². The molecular weight excluding hydrogens is 298 g/mol. The summed E-state index contributed by atoms with van der Waals surface area (Å²) in [5.74, 6) is 0.635. The van der Waals surface area contributed by atoms with Crippen molar-refractivity contribution in [3.05, 3.63) is 35.1 Å². The van der Waals surface area contributed by atoms with E-state index in [-0.39, 0.29) is 30.6 Å². The molecule has 1 aliphatic heterocycles. The number of nitrogens with one attached hydrogen (secondary N) is 1. The van der Waals surface area contributed by atoms with Gasteiger partial charge in [-0.1, -0.05) is 17.7 Å². The SMILES string of the molecule is Cc1ccc(F)c([C@@H](C2CC2)N2CCNCC2)c1.Cl.Cl. The van der Waals surface area contributed by atoms with Crippen LogP contribution in [0.1, 0.15) is 30.0 Å². The van der Waals surface area contributed by atoms with Gasteiger partial charge in [0.25, 0.3) is 0 Å². The topological polar surface area (TPSA) is 15.3 Å². The summed E-state index contributed by atoms with van der Waals surface area (Å²) < 4.78 is 14.1. The molecule has 2 nitrogen and oxygen atoms in total. The lowest BCUT2D eigenvalue weighted by molar-refractivity contribution is 0.153. The maximum Gasteiger partial charge on any atom is 0.128 e. The van der Waals surface area contributed by atoms with E-state index in [0.717, 1.165) is 37.3 Å². The zero-order chi connectivity index (χ0) is 12.5. The van der Waals surface area contributed by atoms with Gasteiger partial charge in [-0.05, 0) is 31.7 Å². The molecule has 1 saturated carbocycles. The second-order valence-corrected chi connectivity index (χ2v) is 5.59. The van der Waals surface area contributed by atoms with Gasteiger partial charge in [0.15, 0.2) is 0 Å². The second-order valence-electron chi connectivity index (χ2n) is 5.59. The molecule has 1 aromatic rings. The number of nitrogens with zero attached hydrogens (tertiary/aromatic N) is 1. The van der Waals surface area contributed by atoms with Gasteiger partial charge in [-0.3, -0.25) is 4.90 Å². The summed E-state index contributed by atoms with van der Waals surface area (Å²) in [5, 5.41) is 3.37. The van der Waals surface area contributed by atoms with Crippen molar-refractivity contribution in [1.29, 1.82) is 0 Å². The lowest BCUT2D eigenvalue weighted by Gasteiger charge is -2.35. The third-order valence-corrected chi connectivity index (χ3v) is 4.08. The van der Waals surface area contributed by atoms with Crippen molar-refractivity contribution in [2.45, 2.75) is 25.8 Å². The van der Waals surface area contributed by atoms with Gasteiger partial charge < -0.3 is 5.32 Å². The molecule has 1 heterocycles. The van der Waals surface area contributed by atoms with Gasteiger partial charge in [0.1, 0.15) is 5.82 Å². The summed E-state index contributed by atoms with van der Waals surface area (Å²) in [4.78, 5) is 2.46. The van der Waals surface area contributed by atoms with E-state index in [4.69, 9.17) is 0 Å². The minimum absolute atomic E-state index is 0. The number of benzene rings is 1. The summed E-state index contributed by atoms with van der Waals surface area (Å²) in [5.41, 5.74) is 2.08. The van der Waals surface area contributed by atoms with Crippen molar-refractivity contribution in [2.75, 3.05) is 26.2 Å². The fourth-order valence-electron chi connectivity index (χ4n) is 3.01. The Labute approximate surface area is 132 Å². The molecular formula is C15H23Cl2FN2. The largest absolute Gasteiger partial charge is 0.314 e. The maximum atomic E-state index is 14.1. The zero-order valence-electron chi connectivity index (χ0n) is 11.8. The lowest BCUT2D eigenvalue weighted by Crippen LogP contribution is -2.45. The molecule has 1 saturated heterocycles. The molecule has 3 rings (SSSR count). The monoisotopic (exact) mass is 320 g/mol. The fraction of sp³-hybridized carbons (Fsp3) is 0.600. The average Bonchev–Trinajstić information content (AvgIpc) is 3.20. The van der Waals surface area contributed by atoms with Crippen LogP contribution in [0.2, 0.25) is 0 Å². The minimum atomic E-state index is -0.0315. The molecule has 2 aliphatic rings. The van der Waals surface area contributed by atoms with Crippen LogP contribution in [0.15, 0.2) is 18.2 Å². The van der Waals surface area contributed by atoms with Crippen LogP contribution in [0.25, 0.3) is 0 Å². The van der Waals surface area contributed by atoms with Gasteiger partial charge >= 0.3 is 0 Å². The molecule has 1 N–H and O–H groups in total. The van der Waals surface area contributed by atoms with Gasteiger partial charge in [0.2, 0.25) is 0 Å². The molecule has 0 spiro atoms. The fourth-order valence-corrected chi connectivity index (χ4v) is 3.01. The molecule has 0 unspecified atom stereocenters. The van der Waals surface area contributed by atoms with Crippen LogP contribution in [-0.4, -0.2) is 31.1 Å². The van der Waals surface area contributed by atoms with Crippen LogP contribution in [0.5, 0.6) is 0 Å². The van der Waals surface area contributed by atoms with Crippen molar-refractivity contribution < 1.29 is 4.39 Å². The van der Waals surface area contributed by atoms with Gasteiger partial charge in [-0.2, -0.15) is 0 Å². The van der Waals surface area contributed by atoms with E-state index in [0.29, 0.717) is 12.0 Å². The Balaban J connectivity index is 0.000001000. The first-order chi connectivity index (χ1) is 8.75. The lowest BCUT2D eigenvalue weighted by atomic mass is 9.97. The molecule has 1 aliphatic carbocycles. The first-order valence-electron chi connectivity index (χ1n) is 6.96. The number of hydrogen-bond donors (Lipinski definition) is 1. The van der Waals surface area contributed by atoms with Crippen LogP contribution in [0, 0.1) is 18.7 Å². The third-order valence-electron chi connectivity index (χ3n) is 4.08. The first kappa shape index (κ1) is 17.7. The normalized spacial score (nSPS) is 20.7. The highest BCUT2D eigenvalue weighted by molar-refractivity contribution is 5.85. The molecule has 2 fully saturated rings. The minimum Gasteiger partial charge on any atom is -0.314 e. The van der Waals surface area contributed by atoms with E-state index in [1.807, 2.05) is 19.1 Å². The Kier molecular flexibility index (Phi) is 6.73. The standard InChI is InChI=1S/C15H21FN2.2ClH/c1-11-2-5-14(16)13(10-11)15(12-3-4-12)18-8-6-17-7-9-18;;/h2,5,10,12,15,17H,3-4,6-9H2,1H3;2*1H/t15-;;/m1../s1. The van der Waals surface area contributed by atoms with E-state index in [1.165, 1.54) is 12.8 Å². The Hall–Kier alpha value is -0.350. The molecule has 20 heavy (non-hydrogen) atoms. The number of piperazine rings is 1. The predicted molar refractivity (Wildman–Crippen MR) is 85.5 cm³/mol. The number of halogens is 3. The van der Waals surface area contributed by atoms with Crippen LogP contribution in [-0.2, 0) is 0 Å². The van der Waals surface area contributed by atoms with E-state index in [2.05, 4.69) is 10.2 Å². The average molecular weight is 321 g/mol. The summed E-state index contributed by atoms with van der Waals surface area (Å²) in [7, 11) is 0. The highest BCUT2D eigenvalue weighted by Crippen LogP contribution is 2.45. The Morgan fingerprint density at radius 1 is 1.20 bits per heavy atom. The van der Waals surface area contributed by atoms with Crippen molar-refractivity contribution in [1.82, 2.24) is 10.2 Å². The molecule has 1 atom stereocenters. The summed E-state index contributed by atoms with van der Waals surface area (Å²) in [6.07, 6.45) is 2.50. The van der Waals surface area contributed by atoms with Crippen molar-refractivity contribution in [2.24, 2.45) is 5.92 Å². The van der Waals surface area contributed by atoms with Crippen LogP contribution >= 0.6 is 24.8 Å². The molecule has 5 heteroatoms.